The number of carbonyl (C=O) groups is 1. The minimum absolute atomic E-state index is 0.0311. The van der Waals surface area contributed by atoms with Crippen LogP contribution in [-0.4, -0.2) is 29.2 Å². The van der Waals surface area contributed by atoms with Gasteiger partial charge in [0.1, 0.15) is 5.75 Å². The Hall–Kier alpha value is -2.41. The minimum atomic E-state index is -0.165. The van der Waals surface area contributed by atoms with Crippen molar-refractivity contribution >= 4 is 32.6 Å². The number of aryl methyl sites for hydroxylation is 2. The molecule has 0 atom stereocenters. The fraction of sp³-hybridized carbons (Fsp3) is 0.278. The Morgan fingerprint density at radius 2 is 2.12 bits per heavy atom. The van der Waals surface area contributed by atoms with Crippen LogP contribution < -0.4 is 10.1 Å². The molecule has 2 aromatic carbocycles. The Bertz CT molecular complexity index is 879. The second-order valence-corrected chi connectivity index (χ2v) is 6.37. The number of halogens is 1. The smallest absolute Gasteiger partial charge is 0.257 e. The minimum Gasteiger partial charge on any atom is -0.483 e. The first-order chi connectivity index (χ1) is 12.1. The number of rotatable bonds is 7. The van der Waals surface area contributed by atoms with Gasteiger partial charge in [0, 0.05) is 13.0 Å². The molecule has 6 nitrogen and oxygen atoms in total. The Balaban J connectivity index is 1.45. The van der Waals surface area contributed by atoms with Crippen molar-refractivity contribution in [1.29, 1.82) is 0 Å². The predicted molar refractivity (Wildman–Crippen MR) is 97.5 cm³/mol. The van der Waals surface area contributed by atoms with Crippen LogP contribution in [0.1, 0.15) is 18.1 Å². The van der Waals surface area contributed by atoms with Gasteiger partial charge in [0.05, 0.1) is 4.47 Å². The monoisotopic (exact) mass is 403 g/mol. The van der Waals surface area contributed by atoms with Crippen molar-refractivity contribution in [2.45, 2.75) is 19.8 Å². The van der Waals surface area contributed by atoms with Crippen molar-refractivity contribution in [3.05, 3.63) is 52.6 Å². The van der Waals surface area contributed by atoms with Gasteiger partial charge in [0.25, 0.3) is 5.91 Å². The van der Waals surface area contributed by atoms with E-state index in [0.29, 0.717) is 30.4 Å². The van der Waals surface area contributed by atoms with Gasteiger partial charge in [-0.2, -0.15) is 4.98 Å². The van der Waals surface area contributed by atoms with E-state index in [-0.39, 0.29) is 12.5 Å². The molecule has 0 bridgehead atoms. The highest BCUT2D eigenvalue weighted by Gasteiger charge is 2.09. The van der Waals surface area contributed by atoms with E-state index < -0.39 is 0 Å². The van der Waals surface area contributed by atoms with Gasteiger partial charge in [0.15, 0.2) is 12.4 Å². The molecular formula is C18H18BrN3O3. The highest BCUT2D eigenvalue weighted by Crippen LogP contribution is 2.32. The largest absolute Gasteiger partial charge is 0.483 e. The Morgan fingerprint density at radius 1 is 1.28 bits per heavy atom. The lowest BCUT2D eigenvalue weighted by Gasteiger charge is -2.10. The Morgan fingerprint density at radius 3 is 2.92 bits per heavy atom. The normalized spacial score (nSPS) is 10.8. The molecule has 0 spiro atoms. The molecule has 1 heterocycles. The number of nitrogens with one attached hydrogen (secondary N) is 1. The van der Waals surface area contributed by atoms with E-state index in [1.807, 2.05) is 36.4 Å². The number of fused-ring (bicyclic) bond motifs is 1. The maximum Gasteiger partial charge on any atom is 0.257 e. The summed E-state index contributed by atoms with van der Waals surface area (Å²) in [6.07, 6.45) is 1.37. The van der Waals surface area contributed by atoms with Gasteiger partial charge in [0.2, 0.25) is 5.89 Å². The third-order valence-electron chi connectivity index (χ3n) is 3.65. The molecule has 1 N–H and O–H groups in total. The molecule has 0 aliphatic heterocycles. The quantitative estimate of drug-likeness (QED) is 0.611. The maximum absolute atomic E-state index is 11.9. The second-order valence-electron chi connectivity index (χ2n) is 5.58. The summed E-state index contributed by atoms with van der Waals surface area (Å²) in [6.45, 7) is 2.27. The third kappa shape index (κ3) is 4.57. The molecule has 0 saturated carbocycles. The van der Waals surface area contributed by atoms with Crippen LogP contribution in [0.5, 0.6) is 5.75 Å². The molecule has 0 radical (unpaired) electrons. The van der Waals surface area contributed by atoms with Gasteiger partial charge in [-0.05, 0) is 46.1 Å². The highest BCUT2D eigenvalue weighted by molar-refractivity contribution is 9.10. The lowest BCUT2D eigenvalue weighted by atomic mass is 10.1. The first-order valence-electron chi connectivity index (χ1n) is 7.99. The van der Waals surface area contributed by atoms with Gasteiger partial charge in [-0.1, -0.05) is 35.5 Å². The van der Waals surface area contributed by atoms with E-state index in [1.54, 1.807) is 6.92 Å². The van der Waals surface area contributed by atoms with E-state index >= 15 is 0 Å². The van der Waals surface area contributed by atoms with Crippen molar-refractivity contribution in [2.75, 3.05) is 13.2 Å². The molecule has 0 aliphatic carbocycles. The molecule has 130 valence electrons. The zero-order valence-electron chi connectivity index (χ0n) is 13.8. The SMILES string of the molecule is Cc1noc(CCCNC(=O)COc2ccc3ccccc3c2Br)n1. The molecule has 0 saturated heterocycles. The summed E-state index contributed by atoms with van der Waals surface area (Å²) in [5.41, 5.74) is 0. The number of hydrogen-bond donors (Lipinski definition) is 1. The van der Waals surface area contributed by atoms with Gasteiger partial charge < -0.3 is 14.6 Å². The number of benzene rings is 2. The van der Waals surface area contributed by atoms with Crippen molar-refractivity contribution in [1.82, 2.24) is 15.5 Å². The van der Waals surface area contributed by atoms with Crippen molar-refractivity contribution in [2.24, 2.45) is 0 Å². The number of aromatic nitrogens is 2. The second kappa shape index (κ2) is 8.11. The van der Waals surface area contributed by atoms with Crippen LogP contribution in [0.25, 0.3) is 10.8 Å². The van der Waals surface area contributed by atoms with Gasteiger partial charge in [-0.3, -0.25) is 4.79 Å². The molecule has 3 rings (SSSR count). The fourth-order valence-electron chi connectivity index (χ4n) is 2.43. The molecule has 1 aromatic heterocycles. The summed E-state index contributed by atoms with van der Waals surface area (Å²) in [5, 5.41) is 8.71. The number of hydrogen-bond acceptors (Lipinski definition) is 5. The number of nitrogens with zero attached hydrogens (tertiary/aromatic N) is 2. The van der Waals surface area contributed by atoms with E-state index in [4.69, 9.17) is 9.26 Å². The zero-order valence-corrected chi connectivity index (χ0v) is 15.4. The van der Waals surface area contributed by atoms with Crippen molar-refractivity contribution in [3.63, 3.8) is 0 Å². The van der Waals surface area contributed by atoms with E-state index in [1.165, 1.54) is 0 Å². The number of amides is 1. The molecule has 0 fully saturated rings. The number of ether oxygens (including phenoxy) is 1. The van der Waals surface area contributed by atoms with E-state index in [2.05, 4.69) is 31.4 Å². The summed E-state index contributed by atoms with van der Waals surface area (Å²) in [6, 6.07) is 11.8. The van der Waals surface area contributed by atoms with Gasteiger partial charge >= 0.3 is 0 Å². The lowest BCUT2D eigenvalue weighted by Crippen LogP contribution is -2.30. The summed E-state index contributed by atoms with van der Waals surface area (Å²) >= 11 is 3.54. The van der Waals surface area contributed by atoms with E-state index in [0.717, 1.165) is 21.7 Å². The topological polar surface area (TPSA) is 77.2 Å². The summed E-state index contributed by atoms with van der Waals surface area (Å²) in [4.78, 5) is 16.0. The molecule has 0 aliphatic rings. The predicted octanol–water partition coefficient (Wildman–Crippen LogP) is 3.42. The van der Waals surface area contributed by atoms with Crippen LogP contribution in [0, 0.1) is 6.92 Å². The first-order valence-corrected chi connectivity index (χ1v) is 8.79. The average molecular weight is 404 g/mol. The van der Waals surface area contributed by atoms with Crippen LogP contribution in [0.2, 0.25) is 0 Å². The van der Waals surface area contributed by atoms with Crippen LogP contribution in [-0.2, 0) is 11.2 Å². The lowest BCUT2D eigenvalue weighted by molar-refractivity contribution is -0.123. The summed E-state index contributed by atoms with van der Waals surface area (Å²) < 4.78 is 11.5. The summed E-state index contributed by atoms with van der Waals surface area (Å²) in [7, 11) is 0. The Labute approximate surface area is 153 Å². The van der Waals surface area contributed by atoms with E-state index in [9.17, 15) is 4.79 Å². The third-order valence-corrected chi connectivity index (χ3v) is 4.46. The zero-order chi connectivity index (χ0) is 17.6. The Kier molecular flexibility index (Phi) is 5.65. The van der Waals surface area contributed by atoms with Crippen LogP contribution >= 0.6 is 15.9 Å². The standard InChI is InChI=1S/C18H18BrN3O3/c1-12-21-17(25-22-12)7-4-10-20-16(23)11-24-15-9-8-13-5-2-3-6-14(13)18(15)19/h2-3,5-6,8-9H,4,7,10-11H2,1H3,(H,20,23). The molecule has 3 aromatic rings. The van der Waals surface area contributed by atoms with Crippen molar-refractivity contribution in [3.8, 4) is 5.75 Å². The summed E-state index contributed by atoms with van der Waals surface area (Å²) in [5.74, 6) is 1.69. The maximum atomic E-state index is 11.9. The average Bonchev–Trinajstić information content (AvgIpc) is 3.04. The van der Waals surface area contributed by atoms with Gasteiger partial charge in [-0.25, -0.2) is 0 Å². The highest BCUT2D eigenvalue weighted by atomic mass is 79.9. The molecule has 7 heteroatoms. The fourth-order valence-corrected chi connectivity index (χ4v) is 3.04. The number of carbonyl (C=O) groups excluding carboxylic acids is 1. The van der Waals surface area contributed by atoms with Crippen molar-refractivity contribution < 1.29 is 14.1 Å². The van der Waals surface area contributed by atoms with Gasteiger partial charge in [-0.15, -0.1) is 0 Å². The van der Waals surface area contributed by atoms with Crippen LogP contribution in [0.3, 0.4) is 0 Å². The molecular weight excluding hydrogens is 386 g/mol. The van der Waals surface area contributed by atoms with Crippen LogP contribution in [0.4, 0.5) is 0 Å². The molecule has 0 unspecified atom stereocenters. The molecule has 1 amide bonds. The first kappa shape index (κ1) is 17.4. The molecule has 25 heavy (non-hydrogen) atoms. The van der Waals surface area contributed by atoms with Crippen LogP contribution in [0.15, 0.2) is 45.4 Å².